The number of carbonyl (C=O) groups excluding carboxylic acids is 2. The van der Waals surface area contributed by atoms with Crippen LogP contribution < -0.4 is 20.5 Å². The Morgan fingerprint density at radius 1 is 1.09 bits per heavy atom. The molecule has 0 radical (unpaired) electrons. The summed E-state index contributed by atoms with van der Waals surface area (Å²) in [6.45, 7) is -3.09. The number of nitrogens with one attached hydrogen (secondary N) is 1. The fourth-order valence-corrected chi connectivity index (χ4v) is 6.48. The first-order valence-electron chi connectivity index (χ1n) is 14.2. The van der Waals surface area contributed by atoms with Gasteiger partial charge in [-0.05, 0) is 43.4 Å². The van der Waals surface area contributed by atoms with Crippen LogP contribution in [0.15, 0.2) is 48.5 Å². The monoisotopic (exact) mass is 633 g/mol. The Balaban J connectivity index is 1.54. The molecule has 2 aliphatic rings. The second-order valence-electron chi connectivity index (χ2n) is 11.4. The van der Waals surface area contributed by atoms with E-state index in [0.29, 0.717) is 0 Å². The van der Waals surface area contributed by atoms with Crippen LogP contribution in [0.4, 0.5) is 17.6 Å². The van der Waals surface area contributed by atoms with Crippen LogP contribution in [0.5, 0.6) is 11.5 Å². The van der Waals surface area contributed by atoms with Gasteiger partial charge in [0.1, 0.15) is 11.6 Å². The van der Waals surface area contributed by atoms with E-state index in [1.165, 1.54) is 0 Å². The number of ether oxygens (including phenoxy) is 2. The normalized spacial score (nSPS) is 21.1. The van der Waals surface area contributed by atoms with E-state index in [1.54, 1.807) is 19.0 Å². The lowest BCUT2D eigenvalue weighted by atomic mass is 9.83. The minimum Gasteiger partial charge on any atom is -0.480 e. The summed E-state index contributed by atoms with van der Waals surface area (Å²) in [4.78, 5) is 26.4. The number of hydrogen-bond donors (Lipinski definition) is 2. The maximum absolute atomic E-state index is 15.8. The third-order valence-electron chi connectivity index (χ3n) is 8.39. The van der Waals surface area contributed by atoms with Crippen LogP contribution >= 0.6 is 11.6 Å². The minimum atomic E-state index is -3.36. The van der Waals surface area contributed by atoms with Crippen molar-refractivity contribution < 1.29 is 36.6 Å². The van der Waals surface area contributed by atoms with Crippen LogP contribution in [0.3, 0.4) is 0 Å². The third kappa shape index (κ3) is 6.08. The lowest BCUT2D eigenvalue weighted by Gasteiger charge is -2.35. The van der Waals surface area contributed by atoms with Gasteiger partial charge in [0.15, 0.2) is 17.2 Å². The van der Waals surface area contributed by atoms with Crippen LogP contribution in [0, 0.1) is 17.6 Å². The van der Waals surface area contributed by atoms with E-state index >= 15 is 8.78 Å². The molecule has 1 saturated carbocycles. The van der Waals surface area contributed by atoms with Crippen LogP contribution in [-0.2, 0) is 16.8 Å². The highest BCUT2D eigenvalue weighted by molar-refractivity contribution is 6.34. The Morgan fingerprint density at radius 3 is 2.39 bits per heavy atom. The maximum Gasteiger partial charge on any atom is 0.387 e. The highest BCUT2D eigenvalue weighted by atomic mass is 35.5. The zero-order valence-corrected chi connectivity index (χ0v) is 24.9. The van der Waals surface area contributed by atoms with Crippen molar-refractivity contribution in [2.24, 2.45) is 11.7 Å². The number of primary amides is 1. The number of benzene rings is 3. The molecule has 1 heterocycles. The number of hydrogen-bond acceptors (Lipinski definition) is 5. The molecule has 0 saturated heterocycles. The van der Waals surface area contributed by atoms with Gasteiger partial charge >= 0.3 is 6.61 Å². The SMILES string of the molecule is CN(C)C(=O)C1CCC(NCC2(c3ccccc3)Cc3c(cc(F)c(Cl)c3-c3c(C(N)=O)ccc(OC(F)F)c3F)O2)CC1. The molecular formula is C32H32ClF4N3O4. The summed E-state index contributed by atoms with van der Waals surface area (Å²) in [6.07, 6.45) is 3.05. The van der Waals surface area contributed by atoms with E-state index in [1.807, 2.05) is 30.3 Å². The number of carbonyl (C=O) groups is 2. The molecule has 0 bridgehead atoms. The molecule has 0 spiro atoms. The van der Waals surface area contributed by atoms with E-state index < -0.39 is 51.7 Å². The molecule has 3 N–H and O–H groups in total. The highest BCUT2D eigenvalue weighted by Gasteiger charge is 2.44. The molecule has 0 aromatic heterocycles. The van der Waals surface area contributed by atoms with Crippen molar-refractivity contribution in [2.45, 2.75) is 50.4 Å². The molecule has 1 aliphatic heterocycles. The van der Waals surface area contributed by atoms with Crippen molar-refractivity contribution >= 4 is 23.4 Å². The summed E-state index contributed by atoms with van der Waals surface area (Å²) in [7, 11) is 3.49. The number of alkyl halides is 2. The molecule has 1 aliphatic carbocycles. The quantitative estimate of drug-likeness (QED) is 0.280. The number of fused-ring (bicyclic) bond motifs is 1. The van der Waals surface area contributed by atoms with Crippen LogP contribution in [0.1, 0.15) is 47.2 Å². The first-order valence-corrected chi connectivity index (χ1v) is 14.6. The number of nitrogens with two attached hydrogens (primary N) is 1. The largest absolute Gasteiger partial charge is 0.480 e. The lowest BCUT2D eigenvalue weighted by Crippen LogP contribution is -2.47. The summed E-state index contributed by atoms with van der Waals surface area (Å²) >= 11 is 6.43. The summed E-state index contributed by atoms with van der Waals surface area (Å²) in [6, 6.07) is 12.2. The van der Waals surface area contributed by atoms with Crippen LogP contribution in [0.25, 0.3) is 11.1 Å². The van der Waals surface area contributed by atoms with Crippen molar-refractivity contribution in [3.8, 4) is 22.6 Å². The zero-order valence-electron chi connectivity index (χ0n) is 24.1. The number of halogens is 5. The fraction of sp³-hybridized carbons (Fsp3) is 0.375. The number of rotatable bonds is 9. The van der Waals surface area contributed by atoms with Crippen molar-refractivity contribution in [1.82, 2.24) is 10.2 Å². The summed E-state index contributed by atoms with van der Waals surface area (Å²) in [5.74, 6) is -4.10. The third-order valence-corrected chi connectivity index (χ3v) is 8.75. The molecule has 2 amide bonds. The van der Waals surface area contributed by atoms with Crippen molar-refractivity contribution in [1.29, 1.82) is 0 Å². The van der Waals surface area contributed by atoms with Crippen molar-refractivity contribution in [2.75, 3.05) is 20.6 Å². The average molecular weight is 634 g/mol. The fourth-order valence-electron chi connectivity index (χ4n) is 6.22. The van der Waals surface area contributed by atoms with Crippen molar-refractivity contribution in [3.05, 3.63) is 81.9 Å². The lowest BCUT2D eigenvalue weighted by molar-refractivity contribution is -0.134. The Bertz CT molecular complexity index is 1570. The summed E-state index contributed by atoms with van der Waals surface area (Å²) in [5, 5.41) is 3.03. The molecule has 44 heavy (non-hydrogen) atoms. The molecule has 1 atom stereocenters. The first kappa shape index (κ1) is 31.6. The first-order chi connectivity index (χ1) is 20.9. The molecular weight excluding hydrogens is 602 g/mol. The van der Waals surface area contributed by atoms with Gasteiger partial charge in [0.2, 0.25) is 11.8 Å². The van der Waals surface area contributed by atoms with Gasteiger partial charge in [-0.25, -0.2) is 8.78 Å². The molecule has 3 aromatic carbocycles. The summed E-state index contributed by atoms with van der Waals surface area (Å²) in [5.41, 5.74) is 4.27. The zero-order chi connectivity index (χ0) is 31.8. The minimum absolute atomic E-state index is 0.0371. The topological polar surface area (TPSA) is 93.9 Å². The molecule has 234 valence electrons. The van der Waals surface area contributed by atoms with Gasteiger partial charge in [-0.15, -0.1) is 0 Å². The molecule has 3 aromatic rings. The predicted octanol–water partition coefficient (Wildman–Crippen LogP) is 6.05. The smallest absolute Gasteiger partial charge is 0.387 e. The average Bonchev–Trinajstić information content (AvgIpc) is 3.37. The van der Waals surface area contributed by atoms with Gasteiger partial charge in [-0.3, -0.25) is 9.59 Å². The molecule has 5 rings (SSSR count). The standard InChI is InChI=1S/C32H32ClF4N3O4/c1-40(2)30(42)17-8-10-19(11-9-17)39-16-32(18-6-4-3-5-7-18)15-21-24(44-32)14-22(34)27(33)25(21)26-20(29(38)41)12-13-23(28(26)35)43-31(36)37/h3-7,12-14,17,19,31,39H,8-11,15-16H2,1-2H3,(H2,38,41). The predicted molar refractivity (Wildman–Crippen MR) is 157 cm³/mol. The van der Waals surface area contributed by atoms with Gasteiger partial charge < -0.3 is 25.4 Å². The van der Waals surface area contributed by atoms with Crippen LogP contribution in [-0.4, -0.2) is 50.0 Å². The Hall–Kier alpha value is -3.83. The van der Waals surface area contributed by atoms with Gasteiger partial charge in [0.05, 0.1) is 10.6 Å². The summed E-state index contributed by atoms with van der Waals surface area (Å²) < 4.78 is 68.1. The number of amides is 2. The number of nitrogens with zero attached hydrogens (tertiary/aromatic N) is 1. The van der Waals surface area contributed by atoms with Crippen LogP contribution in [0.2, 0.25) is 5.02 Å². The van der Waals surface area contributed by atoms with Gasteiger partial charge in [0.25, 0.3) is 0 Å². The van der Waals surface area contributed by atoms with Gasteiger partial charge in [-0.1, -0.05) is 41.9 Å². The van der Waals surface area contributed by atoms with E-state index in [4.69, 9.17) is 22.1 Å². The van der Waals surface area contributed by atoms with E-state index in [-0.39, 0.29) is 47.7 Å². The Kier molecular flexibility index (Phi) is 9.08. The molecule has 12 heteroatoms. The van der Waals surface area contributed by atoms with Gasteiger partial charge in [0, 0.05) is 61.8 Å². The van der Waals surface area contributed by atoms with E-state index in [0.717, 1.165) is 49.4 Å². The van der Waals surface area contributed by atoms with Gasteiger partial charge in [-0.2, -0.15) is 8.78 Å². The second-order valence-corrected chi connectivity index (χ2v) is 11.7. The molecule has 1 fully saturated rings. The van der Waals surface area contributed by atoms with Crippen molar-refractivity contribution in [3.63, 3.8) is 0 Å². The van der Waals surface area contributed by atoms with E-state index in [2.05, 4.69) is 10.1 Å². The highest BCUT2D eigenvalue weighted by Crippen LogP contribution is 2.50. The molecule has 7 nitrogen and oxygen atoms in total. The second kappa shape index (κ2) is 12.6. The molecule has 1 unspecified atom stereocenters. The Morgan fingerprint density at radius 2 is 1.77 bits per heavy atom. The Labute approximate surface area is 257 Å². The maximum atomic E-state index is 15.8. The van der Waals surface area contributed by atoms with E-state index in [9.17, 15) is 18.4 Å².